The minimum Gasteiger partial charge on any atom is -0.486 e. The van der Waals surface area contributed by atoms with E-state index >= 15 is 0 Å². The Bertz CT molecular complexity index is 518. The van der Waals surface area contributed by atoms with Gasteiger partial charge in [-0.2, -0.15) is 0 Å². The van der Waals surface area contributed by atoms with Crippen LogP contribution >= 0.6 is 11.6 Å². The van der Waals surface area contributed by atoms with E-state index in [1.807, 2.05) is 0 Å². The fraction of sp³-hybridized carbons (Fsp3) is 0.455. The highest BCUT2D eigenvalue weighted by molar-refractivity contribution is 7.92. The molecule has 18 heavy (non-hydrogen) atoms. The number of sulfonamides is 1. The quantitative estimate of drug-likeness (QED) is 0.841. The predicted octanol–water partition coefficient (Wildman–Crippen LogP) is 1.83. The van der Waals surface area contributed by atoms with Crippen molar-refractivity contribution in [1.82, 2.24) is 0 Å². The van der Waals surface area contributed by atoms with E-state index in [-0.39, 0.29) is 5.75 Å². The largest absolute Gasteiger partial charge is 0.486 e. The molecule has 2 rings (SSSR count). The normalized spacial score (nSPS) is 14.3. The summed E-state index contributed by atoms with van der Waals surface area (Å²) in [4.78, 5) is 0. The van der Waals surface area contributed by atoms with Crippen molar-refractivity contribution in [1.29, 1.82) is 0 Å². The third kappa shape index (κ3) is 3.43. The van der Waals surface area contributed by atoms with E-state index in [4.69, 9.17) is 21.1 Å². The minimum absolute atomic E-state index is 0.00490. The summed E-state index contributed by atoms with van der Waals surface area (Å²) in [5.74, 6) is 1.51. The second-order valence-electron chi connectivity index (χ2n) is 3.82. The van der Waals surface area contributed by atoms with Crippen LogP contribution in [-0.4, -0.2) is 33.3 Å². The van der Waals surface area contributed by atoms with Gasteiger partial charge < -0.3 is 9.47 Å². The number of hydrogen-bond acceptors (Lipinski definition) is 4. The smallest absolute Gasteiger partial charge is 0.232 e. The van der Waals surface area contributed by atoms with Gasteiger partial charge in [-0.3, -0.25) is 4.72 Å². The summed E-state index contributed by atoms with van der Waals surface area (Å²) in [7, 11) is -3.35. The number of halogens is 1. The zero-order chi connectivity index (χ0) is 13.0. The Hall–Kier alpha value is -1.14. The first-order valence-corrected chi connectivity index (χ1v) is 7.75. The molecule has 0 saturated carbocycles. The van der Waals surface area contributed by atoms with Gasteiger partial charge in [-0.25, -0.2) is 8.42 Å². The molecular formula is C11H14ClNO4S. The number of hydrogen-bond donors (Lipinski definition) is 1. The van der Waals surface area contributed by atoms with Crippen molar-refractivity contribution in [3.63, 3.8) is 0 Å². The molecule has 1 aromatic carbocycles. The SMILES string of the molecule is O=S(=O)(CCCCl)Nc1ccc2c(c1)OCCO2. The highest BCUT2D eigenvalue weighted by Crippen LogP contribution is 2.32. The van der Waals surface area contributed by atoms with Gasteiger partial charge in [0, 0.05) is 11.9 Å². The molecule has 0 fully saturated rings. The van der Waals surface area contributed by atoms with Crippen molar-refractivity contribution in [2.75, 3.05) is 29.6 Å². The van der Waals surface area contributed by atoms with E-state index in [1.165, 1.54) is 0 Å². The lowest BCUT2D eigenvalue weighted by Crippen LogP contribution is -2.18. The Morgan fingerprint density at radius 3 is 2.67 bits per heavy atom. The van der Waals surface area contributed by atoms with Gasteiger partial charge in [-0.05, 0) is 18.6 Å². The summed E-state index contributed by atoms with van der Waals surface area (Å²) in [5.41, 5.74) is 0.467. The molecule has 100 valence electrons. The van der Waals surface area contributed by atoms with Crippen LogP contribution in [0.1, 0.15) is 6.42 Å². The Labute approximate surface area is 111 Å². The molecule has 1 heterocycles. The molecule has 7 heteroatoms. The standard InChI is InChI=1S/C11H14ClNO4S/c12-4-1-7-18(14,15)13-9-2-3-10-11(8-9)17-6-5-16-10/h2-3,8,13H,1,4-7H2. The topological polar surface area (TPSA) is 64.6 Å². The molecule has 0 aromatic heterocycles. The molecule has 1 aromatic rings. The molecule has 1 N–H and O–H groups in total. The molecule has 0 atom stereocenters. The van der Waals surface area contributed by atoms with Crippen LogP contribution in [0.15, 0.2) is 18.2 Å². The van der Waals surface area contributed by atoms with Crippen molar-refractivity contribution < 1.29 is 17.9 Å². The number of rotatable bonds is 5. The molecule has 5 nitrogen and oxygen atoms in total. The molecule has 0 saturated heterocycles. The van der Waals surface area contributed by atoms with Crippen LogP contribution in [0.4, 0.5) is 5.69 Å². The monoisotopic (exact) mass is 291 g/mol. The lowest BCUT2D eigenvalue weighted by Gasteiger charge is -2.19. The molecule has 0 aliphatic carbocycles. The molecule has 1 aliphatic heterocycles. The van der Waals surface area contributed by atoms with Gasteiger partial charge in [0.1, 0.15) is 13.2 Å². The van der Waals surface area contributed by atoms with Gasteiger partial charge >= 0.3 is 0 Å². The maximum Gasteiger partial charge on any atom is 0.232 e. The summed E-state index contributed by atoms with van der Waals surface area (Å²) < 4.78 is 36.6. The molecule has 0 unspecified atom stereocenters. The Kier molecular flexibility index (Phi) is 4.19. The molecule has 0 radical (unpaired) electrons. The van der Waals surface area contributed by atoms with Crippen LogP contribution in [-0.2, 0) is 10.0 Å². The minimum atomic E-state index is -3.35. The van der Waals surface area contributed by atoms with Crippen LogP contribution in [0.2, 0.25) is 0 Å². The summed E-state index contributed by atoms with van der Waals surface area (Å²) in [5, 5.41) is 0. The first kappa shape index (κ1) is 13.3. The number of benzene rings is 1. The van der Waals surface area contributed by atoms with Crippen LogP contribution in [0.5, 0.6) is 11.5 Å². The van der Waals surface area contributed by atoms with Gasteiger partial charge in [0.2, 0.25) is 10.0 Å². The molecule has 0 bridgehead atoms. The molecule has 0 amide bonds. The third-order valence-electron chi connectivity index (χ3n) is 2.36. The van der Waals surface area contributed by atoms with E-state index < -0.39 is 10.0 Å². The summed E-state index contributed by atoms with van der Waals surface area (Å²) in [6, 6.07) is 4.95. The van der Waals surface area contributed by atoms with Crippen molar-refractivity contribution in [2.24, 2.45) is 0 Å². The third-order valence-corrected chi connectivity index (χ3v) is 4.00. The van der Waals surface area contributed by atoms with Gasteiger partial charge in [-0.1, -0.05) is 0 Å². The van der Waals surface area contributed by atoms with Gasteiger partial charge in [0.15, 0.2) is 11.5 Å². The van der Waals surface area contributed by atoms with Crippen molar-refractivity contribution in [3.8, 4) is 11.5 Å². The van der Waals surface area contributed by atoms with Crippen LogP contribution in [0, 0.1) is 0 Å². The number of nitrogens with one attached hydrogen (secondary N) is 1. The van der Waals surface area contributed by atoms with E-state index in [9.17, 15) is 8.42 Å². The van der Waals surface area contributed by atoms with Gasteiger partial charge in [-0.15, -0.1) is 11.6 Å². The maximum absolute atomic E-state index is 11.7. The lowest BCUT2D eigenvalue weighted by atomic mass is 10.3. The molecule has 0 spiro atoms. The van der Waals surface area contributed by atoms with E-state index in [0.29, 0.717) is 42.7 Å². The Balaban J connectivity index is 2.10. The van der Waals surface area contributed by atoms with Gasteiger partial charge in [0.25, 0.3) is 0 Å². The summed E-state index contributed by atoms with van der Waals surface area (Å²) >= 11 is 5.48. The summed E-state index contributed by atoms with van der Waals surface area (Å²) in [6.45, 7) is 0.975. The fourth-order valence-electron chi connectivity index (χ4n) is 1.58. The van der Waals surface area contributed by atoms with Crippen LogP contribution in [0.25, 0.3) is 0 Å². The number of ether oxygens (including phenoxy) is 2. The second-order valence-corrected chi connectivity index (χ2v) is 6.04. The lowest BCUT2D eigenvalue weighted by molar-refractivity contribution is 0.171. The van der Waals surface area contributed by atoms with Crippen molar-refractivity contribution >= 4 is 27.3 Å². The average molecular weight is 292 g/mol. The summed E-state index contributed by atoms with van der Waals surface area (Å²) in [6.07, 6.45) is 0.418. The van der Waals surface area contributed by atoms with E-state index in [2.05, 4.69) is 4.72 Å². The average Bonchev–Trinajstić information content (AvgIpc) is 2.36. The zero-order valence-electron chi connectivity index (χ0n) is 9.69. The Morgan fingerprint density at radius 2 is 1.94 bits per heavy atom. The number of fused-ring (bicyclic) bond motifs is 1. The molecule has 1 aliphatic rings. The van der Waals surface area contributed by atoms with E-state index in [1.54, 1.807) is 18.2 Å². The van der Waals surface area contributed by atoms with Crippen molar-refractivity contribution in [2.45, 2.75) is 6.42 Å². The van der Waals surface area contributed by atoms with Crippen LogP contribution in [0.3, 0.4) is 0 Å². The first-order chi connectivity index (χ1) is 8.61. The number of alkyl halides is 1. The van der Waals surface area contributed by atoms with E-state index in [0.717, 1.165) is 0 Å². The van der Waals surface area contributed by atoms with Gasteiger partial charge in [0.05, 0.1) is 11.4 Å². The Morgan fingerprint density at radius 1 is 1.22 bits per heavy atom. The highest BCUT2D eigenvalue weighted by Gasteiger charge is 2.14. The second kappa shape index (κ2) is 5.67. The zero-order valence-corrected chi connectivity index (χ0v) is 11.3. The maximum atomic E-state index is 11.7. The predicted molar refractivity (Wildman–Crippen MR) is 70.2 cm³/mol. The molecular weight excluding hydrogens is 278 g/mol. The fourth-order valence-corrected chi connectivity index (χ4v) is 2.99. The van der Waals surface area contributed by atoms with Crippen molar-refractivity contribution in [3.05, 3.63) is 18.2 Å². The van der Waals surface area contributed by atoms with Crippen LogP contribution < -0.4 is 14.2 Å². The number of anilines is 1. The highest BCUT2D eigenvalue weighted by atomic mass is 35.5. The first-order valence-electron chi connectivity index (χ1n) is 5.57.